The lowest BCUT2D eigenvalue weighted by Gasteiger charge is -2.05. The number of esters is 1. The summed E-state index contributed by atoms with van der Waals surface area (Å²) in [6.45, 7) is 4.38. The molecule has 100 valence electrons. The average molecular weight is 260 g/mol. The predicted molar refractivity (Wildman–Crippen MR) is 68.8 cm³/mol. The molecule has 0 radical (unpaired) electrons. The molecular weight excluding hydrogens is 244 g/mol. The molecule has 0 bridgehead atoms. The zero-order chi connectivity index (χ0) is 13.8. The lowest BCUT2D eigenvalue weighted by Crippen LogP contribution is -2.10. The van der Waals surface area contributed by atoms with Crippen LogP contribution in [0, 0.1) is 6.92 Å². The van der Waals surface area contributed by atoms with Crippen LogP contribution in [0.4, 0.5) is 0 Å². The molecule has 0 aliphatic carbocycles. The van der Waals surface area contributed by atoms with Crippen molar-refractivity contribution in [2.75, 3.05) is 7.11 Å². The van der Waals surface area contributed by atoms with Gasteiger partial charge in [0, 0.05) is 5.69 Å². The summed E-state index contributed by atoms with van der Waals surface area (Å²) in [6.07, 6.45) is 0.656. The van der Waals surface area contributed by atoms with Crippen molar-refractivity contribution < 1.29 is 9.53 Å². The highest BCUT2D eigenvalue weighted by molar-refractivity contribution is 5.88. The molecule has 2 rings (SSSR count). The minimum Gasteiger partial charge on any atom is -0.464 e. The van der Waals surface area contributed by atoms with E-state index in [1.807, 2.05) is 32.0 Å². The number of hydrogen-bond donors (Lipinski definition) is 0. The maximum absolute atomic E-state index is 11.6. The highest BCUT2D eigenvalue weighted by Gasteiger charge is 2.19. The fraction of sp³-hybridized carbons (Fsp3) is 0.385. The fourth-order valence-electron chi connectivity index (χ4n) is 1.91. The van der Waals surface area contributed by atoms with E-state index in [-0.39, 0.29) is 5.69 Å². The molecule has 0 aliphatic heterocycles. The van der Waals surface area contributed by atoms with Gasteiger partial charge in [-0.05, 0) is 25.5 Å². The first-order chi connectivity index (χ1) is 9.15. The number of rotatable bonds is 4. The van der Waals surface area contributed by atoms with E-state index < -0.39 is 5.97 Å². The minimum absolute atomic E-state index is 0.276. The summed E-state index contributed by atoms with van der Waals surface area (Å²) in [5.74, 6) is -0.458. The monoisotopic (exact) mass is 260 g/mol. The van der Waals surface area contributed by atoms with Gasteiger partial charge in [-0.25, -0.2) is 9.48 Å². The molecule has 2 aromatic heterocycles. The van der Waals surface area contributed by atoms with Crippen molar-refractivity contribution in [3.8, 4) is 0 Å². The van der Waals surface area contributed by atoms with Gasteiger partial charge in [0.2, 0.25) is 0 Å². The number of pyridine rings is 1. The Balaban J connectivity index is 2.30. The third kappa shape index (κ3) is 2.78. The van der Waals surface area contributed by atoms with Crippen LogP contribution in [0.3, 0.4) is 0 Å². The Hall–Kier alpha value is -2.24. The fourth-order valence-corrected chi connectivity index (χ4v) is 1.91. The maximum atomic E-state index is 11.6. The van der Waals surface area contributed by atoms with Gasteiger partial charge in [-0.15, -0.1) is 5.10 Å². The molecule has 0 N–H and O–H groups in total. The SMILES string of the molecule is CCc1c(C(=O)OC)nnn1Cc1cccc(C)n1. The number of aryl methyl sites for hydroxylation is 1. The molecule has 0 atom stereocenters. The van der Waals surface area contributed by atoms with Crippen LogP contribution in [0.5, 0.6) is 0 Å². The molecule has 19 heavy (non-hydrogen) atoms. The molecular formula is C13H16N4O2. The van der Waals surface area contributed by atoms with Gasteiger partial charge in [0.1, 0.15) is 0 Å². The molecule has 0 saturated carbocycles. The second-order valence-electron chi connectivity index (χ2n) is 4.16. The summed E-state index contributed by atoms with van der Waals surface area (Å²) >= 11 is 0. The van der Waals surface area contributed by atoms with Crippen molar-refractivity contribution in [1.82, 2.24) is 20.0 Å². The first-order valence-electron chi connectivity index (χ1n) is 6.09. The number of hydrogen-bond acceptors (Lipinski definition) is 5. The molecule has 6 nitrogen and oxygen atoms in total. The standard InChI is InChI=1S/C13H16N4O2/c1-4-11-12(13(18)19-3)15-16-17(11)8-10-7-5-6-9(2)14-10/h5-7H,4,8H2,1-3H3. The van der Waals surface area contributed by atoms with Crippen molar-refractivity contribution in [2.45, 2.75) is 26.8 Å². The molecule has 0 amide bonds. The van der Waals surface area contributed by atoms with Crippen LogP contribution in [0.2, 0.25) is 0 Å². The predicted octanol–water partition coefficient (Wildman–Crippen LogP) is 1.38. The Morgan fingerprint density at radius 2 is 2.21 bits per heavy atom. The summed E-state index contributed by atoms with van der Waals surface area (Å²) in [5, 5.41) is 7.89. The normalized spacial score (nSPS) is 10.5. The second-order valence-corrected chi connectivity index (χ2v) is 4.16. The largest absolute Gasteiger partial charge is 0.464 e. The molecule has 0 unspecified atom stereocenters. The van der Waals surface area contributed by atoms with Crippen LogP contribution in [-0.4, -0.2) is 33.1 Å². The van der Waals surface area contributed by atoms with Crippen LogP contribution in [-0.2, 0) is 17.7 Å². The summed E-state index contributed by atoms with van der Waals surface area (Å²) in [5.41, 5.74) is 2.87. The Morgan fingerprint density at radius 3 is 2.84 bits per heavy atom. The number of carbonyl (C=O) groups excluding carboxylic acids is 1. The quantitative estimate of drug-likeness (QED) is 0.777. The van der Waals surface area contributed by atoms with Crippen LogP contribution in [0.1, 0.15) is 34.5 Å². The average Bonchev–Trinajstić information content (AvgIpc) is 2.80. The zero-order valence-corrected chi connectivity index (χ0v) is 11.3. The molecule has 0 spiro atoms. The van der Waals surface area contributed by atoms with E-state index in [2.05, 4.69) is 15.3 Å². The Kier molecular flexibility index (Phi) is 3.89. The Morgan fingerprint density at radius 1 is 1.42 bits per heavy atom. The smallest absolute Gasteiger partial charge is 0.360 e. The summed E-state index contributed by atoms with van der Waals surface area (Å²) < 4.78 is 6.38. The highest BCUT2D eigenvalue weighted by Crippen LogP contribution is 2.10. The third-order valence-corrected chi connectivity index (χ3v) is 2.81. The van der Waals surface area contributed by atoms with Crippen molar-refractivity contribution in [2.24, 2.45) is 0 Å². The van der Waals surface area contributed by atoms with Crippen LogP contribution in [0.15, 0.2) is 18.2 Å². The Labute approximate surface area is 111 Å². The van der Waals surface area contributed by atoms with Gasteiger partial charge in [-0.2, -0.15) is 0 Å². The van der Waals surface area contributed by atoms with Crippen molar-refractivity contribution >= 4 is 5.97 Å². The topological polar surface area (TPSA) is 69.9 Å². The van der Waals surface area contributed by atoms with E-state index in [1.165, 1.54) is 7.11 Å². The van der Waals surface area contributed by atoms with Gasteiger partial charge in [-0.3, -0.25) is 4.98 Å². The van der Waals surface area contributed by atoms with Crippen molar-refractivity contribution in [1.29, 1.82) is 0 Å². The molecule has 0 aromatic carbocycles. The van der Waals surface area contributed by atoms with Gasteiger partial charge in [0.25, 0.3) is 0 Å². The Bertz CT molecular complexity index is 592. The minimum atomic E-state index is -0.458. The van der Waals surface area contributed by atoms with E-state index in [9.17, 15) is 4.79 Å². The summed E-state index contributed by atoms with van der Waals surface area (Å²) in [4.78, 5) is 16.0. The lowest BCUT2D eigenvalue weighted by atomic mass is 10.2. The first-order valence-corrected chi connectivity index (χ1v) is 6.09. The first kappa shape index (κ1) is 13.2. The number of aromatic nitrogens is 4. The van der Waals surface area contributed by atoms with E-state index in [0.29, 0.717) is 13.0 Å². The van der Waals surface area contributed by atoms with Crippen molar-refractivity contribution in [3.63, 3.8) is 0 Å². The van der Waals surface area contributed by atoms with Crippen LogP contribution >= 0.6 is 0 Å². The molecule has 0 saturated heterocycles. The maximum Gasteiger partial charge on any atom is 0.360 e. The third-order valence-electron chi connectivity index (χ3n) is 2.81. The van der Waals surface area contributed by atoms with Gasteiger partial charge in [0.05, 0.1) is 25.0 Å². The number of methoxy groups -OCH3 is 1. The summed E-state index contributed by atoms with van der Waals surface area (Å²) in [6, 6.07) is 5.80. The summed E-state index contributed by atoms with van der Waals surface area (Å²) in [7, 11) is 1.34. The van der Waals surface area contributed by atoms with E-state index in [4.69, 9.17) is 4.74 Å². The molecule has 0 aliphatic rings. The lowest BCUT2D eigenvalue weighted by molar-refractivity contribution is 0.0592. The number of carbonyl (C=O) groups is 1. The highest BCUT2D eigenvalue weighted by atomic mass is 16.5. The van der Waals surface area contributed by atoms with Crippen molar-refractivity contribution in [3.05, 3.63) is 41.0 Å². The number of ether oxygens (including phenoxy) is 1. The molecule has 2 aromatic rings. The van der Waals surface area contributed by atoms with Crippen LogP contribution < -0.4 is 0 Å². The number of nitrogens with zero attached hydrogens (tertiary/aromatic N) is 4. The van der Waals surface area contributed by atoms with E-state index in [1.54, 1.807) is 4.68 Å². The zero-order valence-electron chi connectivity index (χ0n) is 11.3. The van der Waals surface area contributed by atoms with E-state index >= 15 is 0 Å². The molecule has 0 fully saturated rings. The molecule has 6 heteroatoms. The van der Waals surface area contributed by atoms with Gasteiger partial charge >= 0.3 is 5.97 Å². The van der Waals surface area contributed by atoms with Crippen LogP contribution in [0.25, 0.3) is 0 Å². The van der Waals surface area contributed by atoms with Gasteiger partial charge in [-0.1, -0.05) is 18.2 Å². The van der Waals surface area contributed by atoms with Gasteiger partial charge in [0.15, 0.2) is 5.69 Å². The van der Waals surface area contributed by atoms with Gasteiger partial charge < -0.3 is 4.74 Å². The second kappa shape index (κ2) is 5.60. The molecule has 2 heterocycles. The van der Waals surface area contributed by atoms with E-state index in [0.717, 1.165) is 17.1 Å².